The molecule has 0 radical (unpaired) electrons. The molecule has 0 spiro atoms. The summed E-state index contributed by atoms with van der Waals surface area (Å²) in [4.78, 5) is 15.3. The second kappa shape index (κ2) is 7.10. The molecule has 0 aliphatic heterocycles. The van der Waals surface area contributed by atoms with Crippen molar-refractivity contribution in [2.75, 3.05) is 12.0 Å². The van der Waals surface area contributed by atoms with Gasteiger partial charge in [0.15, 0.2) is 5.16 Å². The number of benzene rings is 1. The molecule has 2 atom stereocenters. The van der Waals surface area contributed by atoms with E-state index < -0.39 is 16.8 Å². The molecule has 2 rings (SSSR count). The maximum absolute atomic E-state index is 11.6. The number of aromatic nitrogens is 2. The predicted molar refractivity (Wildman–Crippen MR) is 94.3 cm³/mol. The number of fused-ring (bicyclic) bond motifs is 1. The predicted octanol–water partition coefficient (Wildman–Crippen LogP) is 2.58. The van der Waals surface area contributed by atoms with Gasteiger partial charge in [-0.05, 0) is 47.7 Å². The van der Waals surface area contributed by atoms with E-state index in [0.717, 1.165) is 14.6 Å². The number of aliphatic carboxylic acids is 1. The quantitative estimate of drug-likeness (QED) is 0.555. The van der Waals surface area contributed by atoms with Gasteiger partial charge in [-0.3, -0.25) is 9.00 Å². The molecule has 1 aromatic carbocycles. The molecule has 2 aromatic rings. The van der Waals surface area contributed by atoms with Crippen LogP contribution in [0.2, 0.25) is 0 Å². The molecule has 1 aromatic heterocycles. The van der Waals surface area contributed by atoms with Crippen molar-refractivity contribution in [2.45, 2.75) is 23.9 Å². The molecular formula is C13H15IN2O3S2. The van der Waals surface area contributed by atoms with E-state index in [1.807, 2.05) is 29.7 Å². The Morgan fingerprint density at radius 3 is 2.90 bits per heavy atom. The number of carboxylic acid groups (broad SMARTS) is 1. The van der Waals surface area contributed by atoms with Crippen LogP contribution in [0.1, 0.15) is 6.92 Å². The molecule has 0 amide bonds. The molecule has 0 bridgehead atoms. The molecule has 0 saturated carbocycles. The minimum absolute atomic E-state index is 0.0224. The third kappa shape index (κ3) is 4.19. The Bertz CT molecular complexity index is 702. The highest BCUT2D eigenvalue weighted by Gasteiger charge is 2.16. The second-order valence-electron chi connectivity index (χ2n) is 4.63. The lowest BCUT2D eigenvalue weighted by Crippen LogP contribution is -2.18. The van der Waals surface area contributed by atoms with Crippen LogP contribution < -0.4 is 0 Å². The summed E-state index contributed by atoms with van der Waals surface area (Å²) < 4.78 is 14.7. The van der Waals surface area contributed by atoms with E-state index in [0.29, 0.717) is 11.7 Å². The van der Waals surface area contributed by atoms with Gasteiger partial charge in [-0.15, -0.1) is 0 Å². The first-order valence-electron chi connectivity index (χ1n) is 6.21. The van der Waals surface area contributed by atoms with E-state index >= 15 is 0 Å². The van der Waals surface area contributed by atoms with Crippen LogP contribution in [-0.2, 0) is 22.1 Å². The van der Waals surface area contributed by atoms with Crippen LogP contribution in [0.5, 0.6) is 0 Å². The van der Waals surface area contributed by atoms with Crippen LogP contribution in [0.3, 0.4) is 0 Å². The first kappa shape index (κ1) is 16.8. The number of hydrogen-bond acceptors (Lipinski definition) is 4. The lowest BCUT2D eigenvalue weighted by atomic mass is 10.3. The minimum atomic E-state index is -0.939. The molecule has 0 fully saturated rings. The topological polar surface area (TPSA) is 72.2 Å². The number of hydrogen-bond donors (Lipinski definition) is 1. The number of halogens is 1. The highest BCUT2D eigenvalue weighted by atomic mass is 127. The molecular weight excluding hydrogens is 423 g/mol. The summed E-state index contributed by atoms with van der Waals surface area (Å²) in [5.41, 5.74) is 1.78. The molecule has 8 heteroatoms. The molecule has 21 heavy (non-hydrogen) atoms. The third-order valence-electron chi connectivity index (χ3n) is 3.01. The Morgan fingerprint density at radius 2 is 2.29 bits per heavy atom. The zero-order valence-corrected chi connectivity index (χ0v) is 15.4. The maximum atomic E-state index is 11.6. The van der Waals surface area contributed by atoms with E-state index in [1.54, 1.807) is 6.26 Å². The Labute approximate surface area is 143 Å². The molecule has 0 saturated heterocycles. The Hall–Kier alpha value is -0.610. The van der Waals surface area contributed by atoms with E-state index in [-0.39, 0.29) is 11.0 Å². The van der Waals surface area contributed by atoms with Gasteiger partial charge in [0.2, 0.25) is 0 Å². The Morgan fingerprint density at radius 1 is 1.57 bits per heavy atom. The van der Waals surface area contributed by atoms with Crippen LogP contribution in [-0.4, -0.2) is 42.1 Å². The Balaban J connectivity index is 2.43. The summed E-state index contributed by atoms with van der Waals surface area (Å²) in [7, 11) is -0.939. The van der Waals surface area contributed by atoms with E-state index in [9.17, 15) is 9.00 Å². The summed E-state index contributed by atoms with van der Waals surface area (Å²) in [6, 6.07) is 5.92. The van der Waals surface area contributed by atoms with Gasteiger partial charge in [0.05, 0.1) is 16.8 Å². The molecule has 2 unspecified atom stereocenters. The van der Waals surface area contributed by atoms with Crippen molar-refractivity contribution in [3.05, 3.63) is 21.8 Å². The zero-order valence-electron chi connectivity index (χ0n) is 11.6. The first-order chi connectivity index (χ1) is 9.88. The lowest BCUT2D eigenvalue weighted by molar-refractivity contribution is -0.133. The largest absolute Gasteiger partial charge is 0.481 e. The van der Waals surface area contributed by atoms with E-state index in [1.165, 1.54) is 11.8 Å². The fourth-order valence-electron chi connectivity index (χ4n) is 1.86. The van der Waals surface area contributed by atoms with Crippen molar-refractivity contribution >= 4 is 62.2 Å². The highest BCUT2D eigenvalue weighted by molar-refractivity contribution is 14.1. The average Bonchev–Trinajstić information content (AvgIpc) is 2.73. The van der Waals surface area contributed by atoms with Gasteiger partial charge in [0.25, 0.3) is 0 Å². The monoisotopic (exact) mass is 438 g/mol. The summed E-state index contributed by atoms with van der Waals surface area (Å²) in [5, 5.41) is 9.48. The summed E-state index contributed by atoms with van der Waals surface area (Å²) in [6.45, 7) is 2.47. The summed E-state index contributed by atoms with van der Waals surface area (Å²) in [6.07, 6.45) is 1.68. The zero-order chi connectivity index (χ0) is 15.6. The number of imidazole rings is 1. The van der Waals surface area contributed by atoms with Crippen molar-refractivity contribution in [2.24, 2.45) is 0 Å². The lowest BCUT2D eigenvalue weighted by Gasteiger charge is -2.12. The molecule has 5 nitrogen and oxygen atoms in total. The molecule has 1 heterocycles. The SMILES string of the molecule is CC(Cn1c(SCC(=O)O)nc2cc(I)ccc21)S(C)=O. The molecule has 0 aliphatic rings. The highest BCUT2D eigenvalue weighted by Crippen LogP contribution is 2.26. The van der Waals surface area contributed by atoms with E-state index in [2.05, 4.69) is 27.6 Å². The van der Waals surface area contributed by atoms with Crippen LogP contribution in [0, 0.1) is 3.57 Å². The van der Waals surface area contributed by atoms with Gasteiger partial charge >= 0.3 is 5.97 Å². The van der Waals surface area contributed by atoms with Crippen molar-refractivity contribution < 1.29 is 14.1 Å². The van der Waals surface area contributed by atoms with Crippen LogP contribution >= 0.6 is 34.4 Å². The molecule has 1 N–H and O–H groups in total. The van der Waals surface area contributed by atoms with Crippen molar-refractivity contribution in [3.8, 4) is 0 Å². The minimum Gasteiger partial charge on any atom is -0.481 e. The van der Waals surface area contributed by atoms with Gasteiger partial charge in [0, 0.05) is 32.4 Å². The smallest absolute Gasteiger partial charge is 0.313 e. The Kier molecular flexibility index (Phi) is 5.67. The standard InChI is InChI=1S/C13H15IN2O3S2/c1-8(21(2)19)6-16-11-4-3-9(14)5-10(11)15-13(16)20-7-12(17)18/h3-5,8H,6-7H2,1-2H3,(H,17,18). The third-order valence-corrected chi connectivity index (χ3v) is 5.92. The van der Waals surface area contributed by atoms with Crippen molar-refractivity contribution in [1.29, 1.82) is 0 Å². The summed E-state index contributed by atoms with van der Waals surface area (Å²) >= 11 is 3.41. The van der Waals surface area contributed by atoms with Crippen molar-refractivity contribution in [3.63, 3.8) is 0 Å². The van der Waals surface area contributed by atoms with Crippen molar-refractivity contribution in [1.82, 2.24) is 9.55 Å². The number of thioether (sulfide) groups is 1. The second-order valence-corrected chi connectivity index (χ2v) is 8.62. The average molecular weight is 438 g/mol. The first-order valence-corrected chi connectivity index (χ1v) is 9.89. The number of carbonyl (C=O) groups is 1. The van der Waals surface area contributed by atoms with Gasteiger partial charge in [-0.25, -0.2) is 4.98 Å². The number of nitrogens with zero attached hydrogens (tertiary/aromatic N) is 2. The fourth-order valence-corrected chi connectivity index (χ4v) is 3.43. The van der Waals surface area contributed by atoms with Gasteiger partial charge < -0.3 is 9.67 Å². The van der Waals surface area contributed by atoms with Gasteiger partial charge in [-0.2, -0.15) is 0 Å². The molecule has 0 aliphatic carbocycles. The fraction of sp³-hybridized carbons (Fsp3) is 0.385. The van der Waals surface area contributed by atoms with Gasteiger partial charge in [0.1, 0.15) is 0 Å². The summed E-state index contributed by atoms with van der Waals surface area (Å²) in [5.74, 6) is -0.912. The van der Waals surface area contributed by atoms with E-state index in [4.69, 9.17) is 5.11 Å². The maximum Gasteiger partial charge on any atom is 0.313 e. The van der Waals surface area contributed by atoms with Crippen LogP contribution in [0.25, 0.3) is 11.0 Å². The van der Waals surface area contributed by atoms with Gasteiger partial charge in [-0.1, -0.05) is 11.8 Å². The molecule has 114 valence electrons. The number of carboxylic acids is 1. The van der Waals surface area contributed by atoms with Crippen LogP contribution in [0.4, 0.5) is 0 Å². The normalized spacial score (nSPS) is 14.2. The van der Waals surface area contributed by atoms with Crippen LogP contribution in [0.15, 0.2) is 23.4 Å². The number of rotatable bonds is 6.